The molecule has 0 spiro atoms. The third-order valence-electron chi connectivity index (χ3n) is 4.14. The molecule has 2 aliphatic carbocycles. The second kappa shape index (κ2) is 3.02. The normalized spacial score (nSPS) is 48.5. The molecule has 2 fully saturated rings. The predicted octanol–water partition coefficient (Wildman–Crippen LogP) is 2.73. The molecule has 0 radical (unpaired) electrons. The largest absolute Gasteiger partial charge is 0.393 e. The molecule has 2 rings (SSSR count). The fourth-order valence-electron chi connectivity index (χ4n) is 3.15. The van der Waals surface area contributed by atoms with Crippen LogP contribution in [-0.4, -0.2) is 11.2 Å². The van der Waals surface area contributed by atoms with Crippen molar-refractivity contribution < 1.29 is 5.11 Å². The van der Waals surface area contributed by atoms with Crippen LogP contribution in [0.1, 0.15) is 51.9 Å². The van der Waals surface area contributed by atoms with E-state index in [0.717, 1.165) is 18.8 Å². The smallest absolute Gasteiger partial charge is 0.0543 e. The quantitative estimate of drug-likeness (QED) is 0.589. The first-order chi connectivity index (χ1) is 5.71. The van der Waals surface area contributed by atoms with E-state index in [-0.39, 0.29) is 6.10 Å². The lowest BCUT2D eigenvalue weighted by atomic mass is 9.60. The minimum absolute atomic E-state index is 0.0150. The molecule has 0 aliphatic heterocycles. The van der Waals surface area contributed by atoms with Crippen LogP contribution in [0.15, 0.2) is 0 Å². The average Bonchev–Trinajstić information content (AvgIpc) is 2.06. The summed E-state index contributed by atoms with van der Waals surface area (Å²) in [6.45, 7) is 2.43. The molecule has 1 N–H and O–H groups in total. The summed E-state index contributed by atoms with van der Waals surface area (Å²) in [5, 5.41) is 9.56. The Hall–Kier alpha value is -0.0400. The Kier molecular flexibility index (Phi) is 2.16. The Morgan fingerprint density at radius 3 is 2.83 bits per heavy atom. The van der Waals surface area contributed by atoms with Gasteiger partial charge in [0.1, 0.15) is 0 Å². The second-order valence-electron chi connectivity index (χ2n) is 5.02. The molecule has 0 amide bonds. The fraction of sp³-hybridized carbons (Fsp3) is 1.00. The zero-order chi connectivity index (χ0) is 8.60. The van der Waals surface area contributed by atoms with Crippen LogP contribution in [0.5, 0.6) is 0 Å². The Balaban J connectivity index is 2.06. The van der Waals surface area contributed by atoms with Crippen molar-refractivity contribution in [2.24, 2.45) is 11.3 Å². The molecule has 70 valence electrons. The van der Waals surface area contributed by atoms with Gasteiger partial charge in [-0.25, -0.2) is 0 Å². The molecule has 0 saturated heterocycles. The molecule has 1 heteroatoms. The highest BCUT2D eigenvalue weighted by Gasteiger charge is 2.40. The number of aliphatic hydroxyl groups is 1. The maximum atomic E-state index is 9.56. The standard InChI is InChI=1S/C11H20O/c1-11-6-3-2-4-9(11)8-10(12)5-7-11/h9-10,12H,2-8H2,1H3/t9-,10-,11-/m1/s1. The highest BCUT2D eigenvalue weighted by atomic mass is 16.3. The second-order valence-corrected chi connectivity index (χ2v) is 5.02. The Bertz CT molecular complexity index is 166. The zero-order valence-electron chi connectivity index (χ0n) is 8.05. The molecular formula is C11H20O. The van der Waals surface area contributed by atoms with Gasteiger partial charge in [-0.1, -0.05) is 19.8 Å². The zero-order valence-corrected chi connectivity index (χ0v) is 8.05. The van der Waals surface area contributed by atoms with Crippen LogP contribution < -0.4 is 0 Å². The minimum Gasteiger partial charge on any atom is -0.393 e. The van der Waals surface area contributed by atoms with Crippen LogP contribution in [0.2, 0.25) is 0 Å². The van der Waals surface area contributed by atoms with Crippen LogP contribution >= 0.6 is 0 Å². The number of fused-ring (bicyclic) bond motifs is 1. The highest BCUT2D eigenvalue weighted by Crippen LogP contribution is 2.49. The van der Waals surface area contributed by atoms with Gasteiger partial charge < -0.3 is 5.11 Å². The van der Waals surface area contributed by atoms with E-state index in [1.807, 2.05) is 0 Å². The molecule has 0 aromatic carbocycles. The summed E-state index contributed by atoms with van der Waals surface area (Å²) in [7, 11) is 0. The molecule has 0 aromatic heterocycles. The molecule has 0 aromatic rings. The fourth-order valence-corrected chi connectivity index (χ4v) is 3.15. The maximum Gasteiger partial charge on any atom is 0.0543 e. The monoisotopic (exact) mass is 168 g/mol. The van der Waals surface area contributed by atoms with Gasteiger partial charge in [0, 0.05) is 0 Å². The Morgan fingerprint density at radius 1 is 1.17 bits per heavy atom. The lowest BCUT2D eigenvalue weighted by Crippen LogP contribution is -2.38. The average molecular weight is 168 g/mol. The molecular weight excluding hydrogens is 148 g/mol. The molecule has 0 heterocycles. The summed E-state index contributed by atoms with van der Waals surface area (Å²) in [5.74, 6) is 0.829. The van der Waals surface area contributed by atoms with Crippen molar-refractivity contribution in [2.45, 2.75) is 58.0 Å². The Labute approximate surface area is 75.2 Å². The van der Waals surface area contributed by atoms with Gasteiger partial charge in [-0.05, 0) is 43.4 Å². The van der Waals surface area contributed by atoms with Crippen LogP contribution in [0, 0.1) is 11.3 Å². The van der Waals surface area contributed by atoms with E-state index >= 15 is 0 Å². The van der Waals surface area contributed by atoms with Gasteiger partial charge in [0.05, 0.1) is 6.10 Å². The molecule has 2 saturated carbocycles. The van der Waals surface area contributed by atoms with Gasteiger partial charge in [0.15, 0.2) is 0 Å². The van der Waals surface area contributed by atoms with Crippen LogP contribution in [0.3, 0.4) is 0 Å². The predicted molar refractivity (Wildman–Crippen MR) is 49.9 cm³/mol. The number of aliphatic hydroxyl groups excluding tert-OH is 1. The van der Waals surface area contributed by atoms with Gasteiger partial charge in [-0.3, -0.25) is 0 Å². The lowest BCUT2D eigenvalue weighted by molar-refractivity contribution is -0.00751. The van der Waals surface area contributed by atoms with Crippen molar-refractivity contribution in [3.8, 4) is 0 Å². The van der Waals surface area contributed by atoms with Gasteiger partial charge in [-0.15, -0.1) is 0 Å². The number of hydrogen-bond acceptors (Lipinski definition) is 1. The first kappa shape index (κ1) is 8.55. The molecule has 2 aliphatic rings. The SMILES string of the molecule is C[C@]12CCCC[C@@H]1C[C@H](O)CC2. The molecule has 1 nitrogen and oxygen atoms in total. The Morgan fingerprint density at radius 2 is 2.00 bits per heavy atom. The highest BCUT2D eigenvalue weighted by molar-refractivity contribution is 4.91. The molecule has 0 unspecified atom stereocenters. The maximum absolute atomic E-state index is 9.56. The molecule has 12 heavy (non-hydrogen) atoms. The minimum atomic E-state index is 0.0150. The molecule has 0 bridgehead atoms. The third-order valence-corrected chi connectivity index (χ3v) is 4.14. The van der Waals surface area contributed by atoms with E-state index < -0.39 is 0 Å². The number of rotatable bonds is 0. The van der Waals surface area contributed by atoms with Gasteiger partial charge in [0.25, 0.3) is 0 Å². The van der Waals surface area contributed by atoms with E-state index in [1.165, 1.54) is 32.1 Å². The summed E-state index contributed by atoms with van der Waals surface area (Å²) >= 11 is 0. The van der Waals surface area contributed by atoms with E-state index in [9.17, 15) is 5.11 Å². The summed E-state index contributed by atoms with van der Waals surface area (Å²) in [6, 6.07) is 0. The lowest BCUT2D eigenvalue weighted by Gasteiger charge is -2.46. The van der Waals surface area contributed by atoms with Crippen molar-refractivity contribution >= 4 is 0 Å². The van der Waals surface area contributed by atoms with E-state index in [0.29, 0.717) is 5.41 Å². The first-order valence-electron chi connectivity index (χ1n) is 5.39. The number of hydrogen-bond donors (Lipinski definition) is 1. The van der Waals surface area contributed by atoms with Crippen molar-refractivity contribution in [1.82, 2.24) is 0 Å². The van der Waals surface area contributed by atoms with Crippen LogP contribution in [-0.2, 0) is 0 Å². The third kappa shape index (κ3) is 1.39. The van der Waals surface area contributed by atoms with Crippen molar-refractivity contribution in [1.29, 1.82) is 0 Å². The van der Waals surface area contributed by atoms with Gasteiger partial charge >= 0.3 is 0 Å². The van der Waals surface area contributed by atoms with Crippen LogP contribution in [0.25, 0.3) is 0 Å². The molecule has 3 atom stereocenters. The van der Waals surface area contributed by atoms with Gasteiger partial charge in [0.2, 0.25) is 0 Å². The van der Waals surface area contributed by atoms with Crippen LogP contribution in [0.4, 0.5) is 0 Å². The van der Waals surface area contributed by atoms with Crippen molar-refractivity contribution in [3.05, 3.63) is 0 Å². The summed E-state index contributed by atoms with van der Waals surface area (Å²) in [5.41, 5.74) is 0.595. The van der Waals surface area contributed by atoms with Crippen molar-refractivity contribution in [3.63, 3.8) is 0 Å². The van der Waals surface area contributed by atoms with E-state index in [1.54, 1.807) is 0 Å². The summed E-state index contributed by atoms with van der Waals surface area (Å²) < 4.78 is 0. The van der Waals surface area contributed by atoms with E-state index in [4.69, 9.17) is 0 Å². The van der Waals surface area contributed by atoms with Crippen molar-refractivity contribution in [2.75, 3.05) is 0 Å². The first-order valence-corrected chi connectivity index (χ1v) is 5.39. The van der Waals surface area contributed by atoms with Gasteiger partial charge in [-0.2, -0.15) is 0 Å². The summed E-state index contributed by atoms with van der Waals surface area (Å²) in [4.78, 5) is 0. The topological polar surface area (TPSA) is 20.2 Å². The van der Waals surface area contributed by atoms with E-state index in [2.05, 4.69) is 6.92 Å². The summed E-state index contributed by atoms with van der Waals surface area (Å²) in [6.07, 6.45) is 9.00.